The molecule has 1 N–H and O–H groups in total. The summed E-state index contributed by atoms with van der Waals surface area (Å²) >= 11 is 0. The van der Waals surface area contributed by atoms with Crippen LogP contribution in [0.25, 0.3) is 0 Å². The topological polar surface area (TPSA) is 123 Å². The number of benzene rings is 1. The van der Waals surface area contributed by atoms with E-state index < -0.39 is 28.8 Å². The summed E-state index contributed by atoms with van der Waals surface area (Å²) < 4.78 is 10.3. The molecule has 2 heterocycles. The van der Waals surface area contributed by atoms with Gasteiger partial charge in [0.1, 0.15) is 6.04 Å². The zero-order chi connectivity index (χ0) is 19.4. The number of nitro groups is 1. The summed E-state index contributed by atoms with van der Waals surface area (Å²) in [6.07, 6.45) is 0. The number of nitro benzene ring substituents is 1. The van der Waals surface area contributed by atoms with Gasteiger partial charge in [0, 0.05) is 25.2 Å². The first kappa shape index (κ1) is 18.8. The van der Waals surface area contributed by atoms with Gasteiger partial charge in [0.15, 0.2) is 5.92 Å². The standard InChI is InChI=1S/C17H20N4O6/c1-2-27-16(23)13-14(11-3-5-12(6-4-11)21(24)25)18-17(19-15(13)22)20-7-9-26-10-8-20/h3-6,13-14H,2,7-10H2,1H3,(H,18,19,22)/t13-,14+/m1/s1. The molecule has 2 aliphatic rings. The maximum absolute atomic E-state index is 12.7. The summed E-state index contributed by atoms with van der Waals surface area (Å²) in [5.74, 6) is -1.97. The van der Waals surface area contributed by atoms with Crippen LogP contribution in [-0.4, -0.2) is 60.6 Å². The molecule has 2 atom stereocenters. The van der Waals surface area contributed by atoms with Crippen molar-refractivity contribution in [2.75, 3.05) is 32.9 Å². The predicted octanol–water partition coefficient (Wildman–Crippen LogP) is 0.633. The highest BCUT2D eigenvalue weighted by Crippen LogP contribution is 2.32. The number of carbonyl (C=O) groups is 2. The van der Waals surface area contributed by atoms with Crippen LogP contribution in [0, 0.1) is 16.0 Å². The second-order valence-electron chi connectivity index (χ2n) is 6.06. The predicted molar refractivity (Wildman–Crippen MR) is 93.9 cm³/mol. The Morgan fingerprint density at radius 1 is 1.37 bits per heavy atom. The molecule has 10 nitrogen and oxygen atoms in total. The lowest BCUT2D eigenvalue weighted by atomic mass is 9.91. The Kier molecular flexibility index (Phi) is 5.65. The van der Waals surface area contributed by atoms with Gasteiger partial charge < -0.3 is 14.4 Å². The number of ether oxygens (including phenoxy) is 2. The molecule has 0 bridgehead atoms. The molecule has 1 saturated heterocycles. The van der Waals surface area contributed by atoms with Crippen molar-refractivity contribution < 1.29 is 24.0 Å². The van der Waals surface area contributed by atoms with E-state index in [1.54, 1.807) is 6.92 Å². The Labute approximate surface area is 155 Å². The van der Waals surface area contributed by atoms with Gasteiger partial charge in [-0.2, -0.15) is 0 Å². The lowest BCUT2D eigenvalue weighted by Gasteiger charge is -2.35. The lowest BCUT2D eigenvalue weighted by Crippen LogP contribution is -2.55. The van der Waals surface area contributed by atoms with Crippen molar-refractivity contribution in [3.05, 3.63) is 39.9 Å². The molecule has 0 aliphatic carbocycles. The zero-order valence-corrected chi connectivity index (χ0v) is 14.8. The molecular weight excluding hydrogens is 356 g/mol. The summed E-state index contributed by atoms with van der Waals surface area (Å²) in [5.41, 5.74) is 0.448. The summed E-state index contributed by atoms with van der Waals surface area (Å²) in [6, 6.07) is 4.85. The van der Waals surface area contributed by atoms with E-state index in [1.807, 2.05) is 4.90 Å². The number of amides is 1. The van der Waals surface area contributed by atoms with Gasteiger partial charge in [-0.3, -0.25) is 25.0 Å². The average Bonchev–Trinajstić information content (AvgIpc) is 2.68. The number of non-ortho nitro benzene ring substituents is 1. The fourth-order valence-electron chi connectivity index (χ4n) is 3.03. The van der Waals surface area contributed by atoms with Crippen LogP contribution >= 0.6 is 0 Å². The van der Waals surface area contributed by atoms with Crippen molar-refractivity contribution in [3.8, 4) is 0 Å². The number of rotatable bonds is 4. The monoisotopic (exact) mass is 376 g/mol. The van der Waals surface area contributed by atoms with Crippen LogP contribution in [0.4, 0.5) is 5.69 Å². The van der Waals surface area contributed by atoms with Gasteiger partial charge in [-0.05, 0) is 12.5 Å². The zero-order valence-electron chi connectivity index (χ0n) is 14.8. The summed E-state index contributed by atoms with van der Waals surface area (Å²) in [5, 5.41) is 13.6. The van der Waals surface area contributed by atoms with Gasteiger partial charge in [-0.25, -0.2) is 4.99 Å². The minimum Gasteiger partial charge on any atom is -0.465 e. The van der Waals surface area contributed by atoms with Crippen LogP contribution < -0.4 is 5.32 Å². The number of aliphatic imine (C=N–C) groups is 1. The highest BCUT2D eigenvalue weighted by molar-refractivity contribution is 6.08. The van der Waals surface area contributed by atoms with Crippen molar-refractivity contribution in [2.45, 2.75) is 13.0 Å². The molecular formula is C17H20N4O6. The molecule has 27 heavy (non-hydrogen) atoms. The molecule has 3 rings (SSSR count). The summed E-state index contributed by atoms with van der Waals surface area (Å²) in [4.78, 5) is 41.8. The third kappa shape index (κ3) is 4.05. The van der Waals surface area contributed by atoms with E-state index >= 15 is 0 Å². The number of nitrogens with zero attached hydrogens (tertiary/aromatic N) is 3. The SMILES string of the molecule is CCOC(=O)[C@H]1C(=O)NC(N2CCOCC2)=N[C@H]1c1ccc([N+](=O)[O-])cc1. The largest absolute Gasteiger partial charge is 0.465 e. The minimum absolute atomic E-state index is 0.0796. The van der Waals surface area contributed by atoms with Crippen molar-refractivity contribution in [3.63, 3.8) is 0 Å². The normalized spacial score (nSPS) is 22.6. The molecule has 0 spiro atoms. The second-order valence-corrected chi connectivity index (χ2v) is 6.06. The first-order valence-electron chi connectivity index (χ1n) is 8.63. The molecule has 0 aromatic heterocycles. The third-order valence-corrected chi connectivity index (χ3v) is 4.39. The highest BCUT2D eigenvalue weighted by atomic mass is 16.6. The van der Waals surface area contributed by atoms with E-state index in [1.165, 1.54) is 24.3 Å². The molecule has 10 heteroatoms. The van der Waals surface area contributed by atoms with Crippen molar-refractivity contribution in [1.29, 1.82) is 0 Å². The van der Waals surface area contributed by atoms with E-state index in [9.17, 15) is 19.7 Å². The fraction of sp³-hybridized carbons (Fsp3) is 0.471. The number of nitrogens with one attached hydrogen (secondary N) is 1. The minimum atomic E-state index is -1.16. The number of hydrogen-bond donors (Lipinski definition) is 1. The Morgan fingerprint density at radius 2 is 2.04 bits per heavy atom. The molecule has 2 aliphatic heterocycles. The number of morpholine rings is 1. The second kappa shape index (κ2) is 8.12. The van der Waals surface area contributed by atoms with E-state index in [0.717, 1.165) is 0 Å². The van der Waals surface area contributed by atoms with Crippen LogP contribution in [-0.2, 0) is 19.1 Å². The number of esters is 1. The van der Waals surface area contributed by atoms with Gasteiger partial charge in [0.05, 0.1) is 24.7 Å². The number of carbonyl (C=O) groups excluding carboxylic acids is 2. The van der Waals surface area contributed by atoms with Gasteiger partial charge in [-0.15, -0.1) is 0 Å². The maximum atomic E-state index is 12.7. The van der Waals surface area contributed by atoms with Gasteiger partial charge in [0.25, 0.3) is 5.69 Å². The molecule has 1 fully saturated rings. The molecule has 1 aromatic rings. The average molecular weight is 376 g/mol. The quantitative estimate of drug-likeness (QED) is 0.354. The van der Waals surface area contributed by atoms with E-state index in [2.05, 4.69) is 10.3 Å². The van der Waals surface area contributed by atoms with Crippen molar-refractivity contribution >= 4 is 23.5 Å². The Morgan fingerprint density at radius 3 is 2.63 bits per heavy atom. The van der Waals surface area contributed by atoms with E-state index in [4.69, 9.17) is 9.47 Å². The van der Waals surface area contributed by atoms with Crippen LogP contribution in [0.3, 0.4) is 0 Å². The molecule has 0 radical (unpaired) electrons. The van der Waals surface area contributed by atoms with Gasteiger partial charge in [-0.1, -0.05) is 12.1 Å². The first-order valence-corrected chi connectivity index (χ1v) is 8.63. The highest BCUT2D eigenvalue weighted by Gasteiger charge is 2.42. The van der Waals surface area contributed by atoms with Crippen LogP contribution in [0.1, 0.15) is 18.5 Å². The molecule has 1 amide bonds. The maximum Gasteiger partial charge on any atom is 0.321 e. The molecule has 0 saturated carbocycles. The first-order chi connectivity index (χ1) is 13.0. The Hall–Kier alpha value is -3.01. The van der Waals surface area contributed by atoms with E-state index in [-0.39, 0.29) is 12.3 Å². The van der Waals surface area contributed by atoms with Crippen LogP contribution in [0.5, 0.6) is 0 Å². The van der Waals surface area contributed by atoms with Gasteiger partial charge >= 0.3 is 5.97 Å². The van der Waals surface area contributed by atoms with Gasteiger partial charge in [0.2, 0.25) is 11.9 Å². The molecule has 144 valence electrons. The summed E-state index contributed by atoms with van der Waals surface area (Å²) in [6.45, 7) is 3.95. The van der Waals surface area contributed by atoms with Crippen molar-refractivity contribution in [1.82, 2.24) is 10.2 Å². The Balaban J connectivity index is 1.96. The lowest BCUT2D eigenvalue weighted by molar-refractivity contribution is -0.384. The molecule has 1 aromatic carbocycles. The van der Waals surface area contributed by atoms with E-state index in [0.29, 0.717) is 37.8 Å². The summed E-state index contributed by atoms with van der Waals surface area (Å²) in [7, 11) is 0. The Bertz CT molecular complexity index is 757. The van der Waals surface area contributed by atoms with Crippen molar-refractivity contribution in [2.24, 2.45) is 10.9 Å². The van der Waals surface area contributed by atoms with Crippen LogP contribution in [0.15, 0.2) is 29.3 Å². The smallest absolute Gasteiger partial charge is 0.321 e. The third-order valence-electron chi connectivity index (χ3n) is 4.39. The number of guanidine groups is 1. The van der Waals surface area contributed by atoms with Crippen LogP contribution in [0.2, 0.25) is 0 Å². The number of hydrogen-bond acceptors (Lipinski definition) is 8. The molecule has 0 unspecified atom stereocenters. The fourth-order valence-corrected chi connectivity index (χ4v) is 3.03.